The number of hydrogen-bond donors (Lipinski definition) is 1. The largest absolute Gasteiger partial charge is 0.329 e. The Bertz CT molecular complexity index is 6.85. The molecule has 3 heteroatoms. The van der Waals surface area contributed by atoms with Crippen molar-refractivity contribution in [2.24, 2.45) is 5.73 Å². The zero-order valence-corrected chi connectivity index (χ0v) is 2.89. The van der Waals surface area contributed by atoms with Crippen LogP contribution in [-0.2, 0) is 0 Å². The molecule has 0 spiro atoms. The first kappa shape index (κ1) is 8.86. The molecule has 0 bridgehead atoms. The van der Waals surface area contributed by atoms with Crippen LogP contribution in [0.15, 0.2) is 0 Å². The fourth-order valence-corrected chi connectivity index (χ4v) is 0. The Kier molecular flexibility index (Phi) is 16.1. The molecule has 0 unspecified atom stereocenters. The summed E-state index contributed by atoms with van der Waals surface area (Å²) in [5, 5.41) is 0. The van der Waals surface area contributed by atoms with Crippen LogP contribution in [0.3, 0.4) is 0 Å². The summed E-state index contributed by atoms with van der Waals surface area (Å²) < 4.78 is 0. The summed E-state index contributed by atoms with van der Waals surface area (Å²) in [4.78, 5) is 0. The molecule has 0 atom stereocenters. The molecule has 29 valence electrons. The minimum absolute atomic E-state index is 0. The molecule has 0 saturated heterocycles. The lowest BCUT2D eigenvalue weighted by Gasteiger charge is -1.67. The molecular formula is C2H6N3. The molecule has 2 N–H and O–H groups in total. The second-order valence-electron chi connectivity index (χ2n) is 0.512. The van der Waals surface area contributed by atoms with E-state index < -0.39 is 0 Å². The topological polar surface area (TPSA) is 78.8 Å². The Morgan fingerprint density at radius 2 is 1.80 bits per heavy atom. The molecule has 0 aromatic heterocycles. The summed E-state index contributed by atoms with van der Waals surface area (Å²) in [6.45, 7) is 0.472. The first-order valence-corrected chi connectivity index (χ1v) is 1.22. The van der Waals surface area contributed by atoms with Gasteiger partial charge in [-0.2, -0.15) is 0 Å². The van der Waals surface area contributed by atoms with Crippen LogP contribution < -0.4 is 17.6 Å². The predicted molar refractivity (Wildman–Crippen MR) is 18.2 cm³/mol. The van der Waals surface area contributed by atoms with Gasteiger partial charge in [0.25, 0.3) is 0 Å². The molecule has 0 heterocycles. The Labute approximate surface area is 31.9 Å². The van der Waals surface area contributed by atoms with Crippen molar-refractivity contribution in [1.82, 2.24) is 11.9 Å². The molecule has 0 fully saturated rings. The molecule has 0 saturated carbocycles. The number of nitrogens with two attached hydrogens (primary N) is 1. The number of rotatable bonds is 1. The summed E-state index contributed by atoms with van der Waals surface area (Å²) >= 11 is 0. The lowest BCUT2D eigenvalue weighted by Crippen LogP contribution is -2.03. The van der Waals surface area contributed by atoms with Gasteiger partial charge >= 0.3 is 0 Å². The lowest BCUT2D eigenvalue weighted by molar-refractivity contribution is 0.950. The average molecular weight is 72.1 g/mol. The Morgan fingerprint density at radius 1 is 1.60 bits per heavy atom. The van der Waals surface area contributed by atoms with Crippen LogP contribution in [0.25, 0.3) is 0 Å². The summed E-state index contributed by atoms with van der Waals surface area (Å²) in [6.07, 6.45) is 0. The van der Waals surface area contributed by atoms with Gasteiger partial charge in [0.1, 0.15) is 0 Å². The normalized spacial score (nSPS) is 6.00. The average Bonchev–Trinajstić information content (AvgIpc) is 1.37. The molecule has 5 radical (unpaired) electrons. The van der Waals surface area contributed by atoms with E-state index in [1.54, 1.807) is 0 Å². The van der Waals surface area contributed by atoms with Crippen molar-refractivity contribution in [3.8, 4) is 0 Å². The molecule has 0 aliphatic carbocycles. The molecule has 3 nitrogen and oxygen atoms in total. The Morgan fingerprint density at radius 3 is 1.80 bits per heavy atom. The molecule has 5 heavy (non-hydrogen) atoms. The third kappa shape index (κ3) is 17.7. The molecule has 0 aromatic rings. The van der Waals surface area contributed by atoms with Gasteiger partial charge in [-0.3, -0.25) is 0 Å². The summed E-state index contributed by atoms with van der Waals surface area (Å²) in [7, 11) is 0. The summed E-state index contributed by atoms with van der Waals surface area (Å²) in [5.41, 5.74) is 12.5. The quantitative estimate of drug-likeness (QED) is 0.403. The predicted octanol–water partition coefficient (Wildman–Crippen LogP) is -1.47. The molecule has 0 aliphatic heterocycles. The van der Waals surface area contributed by atoms with Crippen molar-refractivity contribution in [3.63, 3.8) is 0 Å². The minimum Gasteiger partial charge on any atom is -0.329 e. The lowest BCUT2D eigenvalue weighted by atomic mass is 10.7. The molecule has 0 aromatic carbocycles. The highest BCUT2D eigenvalue weighted by Gasteiger charge is 1.58. The number of hydrogen-bond acceptors (Lipinski definition) is 1. The maximum Gasteiger partial charge on any atom is 0.0444 e. The van der Waals surface area contributed by atoms with E-state index in [-0.39, 0.29) is 12.7 Å². The van der Waals surface area contributed by atoms with Gasteiger partial charge in [-0.15, -0.1) is 5.73 Å². The molecule has 0 aliphatic rings. The van der Waals surface area contributed by atoms with Gasteiger partial charge in [0, 0.05) is 19.2 Å². The first-order valence-electron chi connectivity index (χ1n) is 1.22. The zero-order valence-electron chi connectivity index (χ0n) is 2.89. The SMILES string of the molecule is [N].[N]CCN. The van der Waals surface area contributed by atoms with Crippen LogP contribution in [0.5, 0.6) is 0 Å². The maximum absolute atomic E-state index is 7.75. The van der Waals surface area contributed by atoms with Crippen LogP contribution in [-0.4, -0.2) is 13.1 Å². The zero-order chi connectivity index (χ0) is 3.41. The second-order valence-corrected chi connectivity index (χ2v) is 0.512. The third-order valence-electron chi connectivity index (χ3n) is 0.129. The van der Waals surface area contributed by atoms with E-state index in [2.05, 4.69) is 0 Å². The van der Waals surface area contributed by atoms with Crippen molar-refractivity contribution < 1.29 is 0 Å². The van der Waals surface area contributed by atoms with E-state index in [1.165, 1.54) is 0 Å². The fraction of sp³-hybridized carbons (Fsp3) is 1.00. The third-order valence-corrected chi connectivity index (χ3v) is 0.129. The van der Waals surface area contributed by atoms with Gasteiger partial charge in [0.05, 0.1) is 0 Å². The highest BCUT2D eigenvalue weighted by atomic mass is 14.6. The van der Waals surface area contributed by atoms with Crippen LogP contribution in [0.2, 0.25) is 0 Å². The minimum atomic E-state index is 0. The van der Waals surface area contributed by atoms with Crippen molar-refractivity contribution in [2.75, 3.05) is 13.1 Å². The molecule has 0 rings (SSSR count). The van der Waals surface area contributed by atoms with Crippen molar-refractivity contribution in [1.29, 1.82) is 0 Å². The van der Waals surface area contributed by atoms with Crippen molar-refractivity contribution in [2.45, 2.75) is 0 Å². The Balaban J connectivity index is 0. The molecular weight excluding hydrogens is 66.0 g/mol. The van der Waals surface area contributed by atoms with Crippen LogP contribution in [0.4, 0.5) is 0 Å². The summed E-state index contributed by atoms with van der Waals surface area (Å²) in [6, 6.07) is 0. The van der Waals surface area contributed by atoms with Gasteiger partial charge in [-0.1, -0.05) is 0 Å². The van der Waals surface area contributed by atoms with E-state index in [4.69, 9.17) is 11.5 Å². The van der Waals surface area contributed by atoms with Gasteiger partial charge in [0.15, 0.2) is 0 Å². The van der Waals surface area contributed by atoms with E-state index in [0.29, 0.717) is 6.54 Å². The second kappa shape index (κ2) is 9.11. The summed E-state index contributed by atoms with van der Waals surface area (Å²) in [5.74, 6) is 0. The highest BCUT2D eigenvalue weighted by Crippen LogP contribution is 1.30. The standard InChI is InChI=1S/C2H6N2.N/c3-1-2-4;/h1-3H2;. The van der Waals surface area contributed by atoms with Gasteiger partial charge in [-0.25, -0.2) is 0 Å². The molecule has 0 amide bonds. The van der Waals surface area contributed by atoms with Crippen molar-refractivity contribution >= 4 is 0 Å². The van der Waals surface area contributed by atoms with Crippen LogP contribution in [0, 0.1) is 0 Å². The smallest absolute Gasteiger partial charge is 0.0444 e. The van der Waals surface area contributed by atoms with Crippen LogP contribution >= 0.6 is 0 Å². The van der Waals surface area contributed by atoms with Gasteiger partial charge < -0.3 is 5.73 Å². The highest BCUT2D eigenvalue weighted by molar-refractivity contribution is 4.24. The van der Waals surface area contributed by atoms with Crippen molar-refractivity contribution in [3.05, 3.63) is 0 Å². The Hall–Kier alpha value is -0.120. The van der Waals surface area contributed by atoms with Gasteiger partial charge in [-0.05, 0) is 0 Å². The van der Waals surface area contributed by atoms with E-state index in [0.717, 1.165) is 0 Å². The van der Waals surface area contributed by atoms with E-state index in [1.807, 2.05) is 0 Å². The number of nitrogens with zero attached hydrogens (tertiary/aromatic N) is 2. The van der Waals surface area contributed by atoms with Crippen LogP contribution in [0.1, 0.15) is 0 Å². The fourth-order valence-electron chi connectivity index (χ4n) is 0. The van der Waals surface area contributed by atoms with E-state index >= 15 is 0 Å². The van der Waals surface area contributed by atoms with Gasteiger partial charge in [0.2, 0.25) is 0 Å². The first-order chi connectivity index (χ1) is 1.91. The van der Waals surface area contributed by atoms with E-state index in [9.17, 15) is 0 Å². The monoisotopic (exact) mass is 72.1 g/mol. The maximum atomic E-state index is 7.75.